The Labute approximate surface area is 124 Å². The predicted molar refractivity (Wildman–Crippen MR) is 74.7 cm³/mol. The van der Waals surface area contributed by atoms with Gasteiger partial charge in [-0.05, 0) is 25.0 Å². The van der Waals surface area contributed by atoms with E-state index in [0.717, 1.165) is 44.6 Å². The van der Waals surface area contributed by atoms with E-state index in [2.05, 4.69) is 15.9 Å². The largest absolute Gasteiger partial charge is 0.417 e. The van der Waals surface area contributed by atoms with Crippen molar-refractivity contribution in [2.75, 3.05) is 0 Å². The number of rotatable bonds is 2. The second-order valence-corrected chi connectivity index (χ2v) is 6.10. The summed E-state index contributed by atoms with van der Waals surface area (Å²) in [5, 5.41) is 0. The first-order chi connectivity index (χ1) is 9.39. The highest BCUT2D eigenvalue weighted by Crippen LogP contribution is 2.36. The molecule has 1 aliphatic carbocycles. The third-order valence-corrected chi connectivity index (χ3v) is 4.47. The summed E-state index contributed by atoms with van der Waals surface area (Å²) in [7, 11) is 0. The molecule has 5 heteroatoms. The number of Topliss-reactive ketones (excluding diaryl/α,β-unsaturated/α-hetero) is 1. The molecule has 0 N–H and O–H groups in total. The highest BCUT2D eigenvalue weighted by Gasteiger charge is 2.34. The standard InChI is InChI=1S/C15H16BrF3O/c16-13-8-7-11(9-12(13)15(17,18)19)14(20)10-5-3-1-2-4-6-10/h7-10H,1-6H2. The molecule has 0 spiro atoms. The van der Waals surface area contributed by atoms with Crippen LogP contribution < -0.4 is 0 Å². The van der Waals surface area contributed by atoms with Crippen molar-refractivity contribution in [2.24, 2.45) is 5.92 Å². The van der Waals surface area contributed by atoms with Gasteiger partial charge in [0.25, 0.3) is 0 Å². The van der Waals surface area contributed by atoms with Gasteiger partial charge in [0.2, 0.25) is 0 Å². The summed E-state index contributed by atoms with van der Waals surface area (Å²) >= 11 is 2.89. The van der Waals surface area contributed by atoms with Gasteiger partial charge in [-0.15, -0.1) is 0 Å². The lowest BCUT2D eigenvalue weighted by Crippen LogP contribution is -2.15. The zero-order valence-electron chi connectivity index (χ0n) is 11.0. The molecule has 1 nitrogen and oxygen atoms in total. The molecule has 0 heterocycles. The second-order valence-electron chi connectivity index (χ2n) is 5.25. The van der Waals surface area contributed by atoms with Crippen LogP contribution in [0.1, 0.15) is 54.4 Å². The summed E-state index contributed by atoms with van der Waals surface area (Å²) in [5.41, 5.74) is -0.607. The Hall–Kier alpha value is -0.840. The Kier molecular flexibility index (Phi) is 4.89. The topological polar surface area (TPSA) is 17.1 Å². The molecular weight excluding hydrogens is 333 g/mol. The van der Waals surface area contributed by atoms with Crippen molar-refractivity contribution in [3.05, 3.63) is 33.8 Å². The smallest absolute Gasteiger partial charge is 0.294 e. The van der Waals surface area contributed by atoms with Crippen LogP contribution in [0, 0.1) is 5.92 Å². The lowest BCUT2D eigenvalue weighted by atomic mass is 9.90. The van der Waals surface area contributed by atoms with E-state index < -0.39 is 11.7 Å². The number of halogens is 4. The molecule has 0 aromatic heterocycles. The minimum absolute atomic E-state index is 0.0255. The number of alkyl halides is 3. The molecular formula is C15H16BrF3O. The molecule has 0 bridgehead atoms. The maximum absolute atomic E-state index is 12.9. The number of hydrogen-bond acceptors (Lipinski definition) is 1. The maximum atomic E-state index is 12.9. The Morgan fingerprint density at radius 3 is 2.25 bits per heavy atom. The maximum Gasteiger partial charge on any atom is 0.417 e. The summed E-state index contributed by atoms with van der Waals surface area (Å²) in [6.07, 6.45) is 1.32. The van der Waals surface area contributed by atoms with Crippen molar-refractivity contribution in [3.63, 3.8) is 0 Å². The van der Waals surface area contributed by atoms with Crippen molar-refractivity contribution < 1.29 is 18.0 Å². The van der Waals surface area contributed by atoms with Crippen LogP contribution in [0.2, 0.25) is 0 Å². The van der Waals surface area contributed by atoms with E-state index in [-0.39, 0.29) is 21.7 Å². The minimum Gasteiger partial charge on any atom is -0.294 e. The molecule has 0 radical (unpaired) electrons. The van der Waals surface area contributed by atoms with Crippen molar-refractivity contribution in [3.8, 4) is 0 Å². The summed E-state index contributed by atoms with van der Waals surface area (Å²) in [6.45, 7) is 0. The monoisotopic (exact) mass is 348 g/mol. The Morgan fingerprint density at radius 2 is 1.70 bits per heavy atom. The van der Waals surface area contributed by atoms with Gasteiger partial charge < -0.3 is 0 Å². The molecule has 1 fully saturated rings. The summed E-state index contributed by atoms with van der Waals surface area (Å²) < 4.78 is 38.5. The minimum atomic E-state index is -4.45. The number of carbonyl (C=O) groups excluding carboxylic acids is 1. The van der Waals surface area contributed by atoms with E-state index in [4.69, 9.17) is 0 Å². The fourth-order valence-corrected chi connectivity index (χ4v) is 3.14. The summed E-state index contributed by atoms with van der Waals surface area (Å²) in [5.74, 6) is -0.273. The van der Waals surface area contributed by atoms with Gasteiger partial charge >= 0.3 is 6.18 Å². The lowest BCUT2D eigenvalue weighted by molar-refractivity contribution is -0.138. The molecule has 1 aromatic rings. The highest BCUT2D eigenvalue weighted by atomic mass is 79.9. The van der Waals surface area contributed by atoms with Gasteiger partial charge in [0.1, 0.15) is 0 Å². The van der Waals surface area contributed by atoms with Crippen LogP contribution in [-0.2, 0) is 6.18 Å². The molecule has 1 aliphatic rings. The number of hydrogen-bond donors (Lipinski definition) is 0. The van der Waals surface area contributed by atoms with Gasteiger partial charge in [0.15, 0.2) is 5.78 Å². The van der Waals surface area contributed by atoms with Crippen molar-refractivity contribution in [1.29, 1.82) is 0 Å². The number of benzene rings is 1. The number of ketones is 1. The Balaban J connectivity index is 2.26. The third-order valence-electron chi connectivity index (χ3n) is 3.78. The van der Waals surface area contributed by atoms with Crippen LogP contribution in [0.4, 0.5) is 13.2 Å². The molecule has 0 aliphatic heterocycles. The molecule has 0 saturated heterocycles. The number of carbonyl (C=O) groups is 1. The van der Waals surface area contributed by atoms with Gasteiger partial charge in [-0.3, -0.25) is 4.79 Å². The second kappa shape index (κ2) is 6.29. The Bertz CT molecular complexity index is 488. The normalized spacial score (nSPS) is 17.8. The average molecular weight is 349 g/mol. The van der Waals surface area contributed by atoms with E-state index in [9.17, 15) is 18.0 Å². The van der Waals surface area contributed by atoms with E-state index in [1.165, 1.54) is 12.1 Å². The summed E-state index contributed by atoms with van der Waals surface area (Å²) in [6, 6.07) is 3.76. The van der Waals surface area contributed by atoms with Crippen molar-refractivity contribution in [2.45, 2.75) is 44.7 Å². The van der Waals surface area contributed by atoms with Crippen molar-refractivity contribution >= 4 is 21.7 Å². The molecule has 110 valence electrons. The third kappa shape index (κ3) is 3.62. The Morgan fingerprint density at radius 1 is 1.10 bits per heavy atom. The molecule has 1 aromatic carbocycles. The molecule has 0 unspecified atom stereocenters. The summed E-state index contributed by atoms with van der Waals surface area (Å²) in [4.78, 5) is 12.4. The first-order valence-corrected chi connectivity index (χ1v) is 7.60. The zero-order chi connectivity index (χ0) is 14.8. The molecule has 0 amide bonds. The molecule has 2 rings (SSSR count). The van der Waals surface area contributed by atoms with E-state index >= 15 is 0 Å². The predicted octanol–water partition coefficient (Wildman–Crippen LogP) is 5.62. The van der Waals surface area contributed by atoms with Crippen LogP contribution in [0.25, 0.3) is 0 Å². The van der Waals surface area contributed by atoms with Crippen LogP contribution >= 0.6 is 15.9 Å². The fraction of sp³-hybridized carbons (Fsp3) is 0.533. The van der Waals surface area contributed by atoms with Gasteiger partial charge in [-0.1, -0.05) is 47.7 Å². The first-order valence-electron chi connectivity index (χ1n) is 6.80. The van der Waals surface area contributed by atoms with Gasteiger partial charge in [-0.25, -0.2) is 0 Å². The van der Waals surface area contributed by atoms with Crippen LogP contribution in [0.15, 0.2) is 22.7 Å². The zero-order valence-corrected chi connectivity index (χ0v) is 12.6. The SMILES string of the molecule is O=C(c1ccc(Br)c(C(F)(F)F)c1)C1CCCCCC1. The van der Waals surface area contributed by atoms with Crippen LogP contribution in [-0.4, -0.2) is 5.78 Å². The first kappa shape index (κ1) is 15.5. The lowest BCUT2D eigenvalue weighted by Gasteiger charge is -2.15. The van der Waals surface area contributed by atoms with E-state index in [1.54, 1.807) is 0 Å². The highest BCUT2D eigenvalue weighted by molar-refractivity contribution is 9.10. The molecule has 0 atom stereocenters. The van der Waals surface area contributed by atoms with Crippen LogP contribution in [0.5, 0.6) is 0 Å². The van der Waals surface area contributed by atoms with E-state index in [1.807, 2.05) is 0 Å². The van der Waals surface area contributed by atoms with Gasteiger partial charge in [-0.2, -0.15) is 13.2 Å². The average Bonchev–Trinajstić information content (AvgIpc) is 2.66. The quantitative estimate of drug-likeness (QED) is 0.500. The van der Waals surface area contributed by atoms with E-state index in [0.29, 0.717) is 0 Å². The van der Waals surface area contributed by atoms with Gasteiger partial charge in [0.05, 0.1) is 5.56 Å². The van der Waals surface area contributed by atoms with Gasteiger partial charge in [0, 0.05) is 16.0 Å². The van der Waals surface area contributed by atoms with Crippen molar-refractivity contribution in [1.82, 2.24) is 0 Å². The van der Waals surface area contributed by atoms with Crippen LogP contribution in [0.3, 0.4) is 0 Å². The fourth-order valence-electron chi connectivity index (χ4n) is 2.67. The molecule has 1 saturated carbocycles. The molecule has 20 heavy (non-hydrogen) atoms.